The van der Waals surface area contributed by atoms with Gasteiger partial charge in [-0.3, -0.25) is 4.79 Å². The maximum absolute atomic E-state index is 13.4. The Bertz CT molecular complexity index is 606. The van der Waals surface area contributed by atoms with E-state index in [4.69, 9.17) is 5.73 Å². The minimum absolute atomic E-state index is 0.135. The number of carbonyl (C=O) groups excluding carboxylic acids is 1. The topological polar surface area (TPSA) is 83.7 Å². The maximum Gasteiger partial charge on any atom is 0.243 e. The van der Waals surface area contributed by atoms with E-state index in [1.54, 1.807) is 0 Å². The van der Waals surface area contributed by atoms with Crippen molar-refractivity contribution in [2.45, 2.75) is 11.8 Å². The number of rotatable bonds is 4. The van der Waals surface area contributed by atoms with Gasteiger partial charge in [0.15, 0.2) is 0 Å². The van der Waals surface area contributed by atoms with Gasteiger partial charge in [0.2, 0.25) is 15.9 Å². The molecule has 112 valence electrons. The van der Waals surface area contributed by atoms with Gasteiger partial charge in [0.25, 0.3) is 0 Å². The van der Waals surface area contributed by atoms with E-state index in [-0.39, 0.29) is 28.6 Å². The van der Waals surface area contributed by atoms with Crippen molar-refractivity contribution in [1.82, 2.24) is 9.21 Å². The second-order valence-corrected chi connectivity index (χ2v) is 6.74. The Hall–Kier alpha value is -1.67. The number of aryl methyl sites for hydroxylation is 1. The SMILES string of the molecule is Cc1cc(S(=O)(=O)N(C)CC(=O)N(C)C)cc(N)c1F. The van der Waals surface area contributed by atoms with E-state index in [1.807, 2.05) is 0 Å². The Morgan fingerprint density at radius 2 is 1.85 bits per heavy atom. The van der Waals surface area contributed by atoms with Gasteiger partial charge in [-0.2, -0.15) is 4.31 Å². The first kappa shape index (κ1) is 16.4. The lowest BCUT2D eigenvalue weighted by Gasteiger charge is -2.19. The summed E-state index contributed by atoms with van der Waals surface area (Å²) in [6, 6.07) is 2.24. The van der Waals surface area contributed by atoms with Crippen LogP contribution in [0.5, 0.6) is 0 Å². The molecular weight excluding hydrogens is 285 g/mol. The summed E-state index contributed by atoms with van der Waals surface area (Å²) in [7, 11) is 0.454. The van der Waals surface area contributed by atoms with Gasteiger partial charge in [-0.1, -0.05) is 0 Å². The molecule has 2 N–H and O–H groups in total. The number of likely N-dealkylation sites (N-methyl/N-ethyl adjacent to an activating group) is 2. The van der Waals surface area contributed by atoms with Crippen LogP contribution in [0, 0.1) is 12.7 Å². The van der Waals surface area contributed by atoms with Gasteiger partial charge in [-0.25, -0.2) is 12.8 Å². The first-order chi connectivity index (χ1) is 9.07. The minimum atomic E-state index is -3.89. The van der Waals surface area contributed by atoms with Crippen molar-refractivity contribution in [3.8, 4) is 0 Å². The number of nitrogens with two attached hydrogens (primary N) is 1. The van der Waals surface area contributed by atoms with Crippen molar-refractivity contribution in [2.75, 3.05) is 33.4 Å². The number of nitrogen functional groups attached to an aromatic ring is 1. The Labute approximate surface area is 118 Å². The molecule has 1 aromatic rings. The average molecular weight is 303 g/mol. The van der Waals surface area contributed by atoms with Crippen molar-refractivity contribution in [3.05, 3.63) is 23.5 Å². The molecule has 0 saturated heterocycles. The molecule has 0 heterocycles. The van der Waals surface area contributed by atoms with Crippen LogP contribution in [0.4, 0.5) is 10.1 Å². The van der Waals surface area contributed by atoms with Gasteiger partial charge >= 0.3 is 0 Å². The lowest BCUT2D eigenvalue weighted by atomic mass is 10.2. The molecule has 6 nitrogen and oxygen atoms in total. The summed E-state index contributed by atoms with van der Waals surface area (Å²) in [5.74, 6) is -1.00. The Morgan fingerprint density at radius 3 is 2.30 bits per heavy atom. The van der Waals surface area contributed by atoms with Crippen LogP contribution in [0.1, 0.15) is 5.56 Å². The third kappa shape index (κ3) is 3.26. The zero-order chi connectivity index (χ0) is 15.7. The van der Waals surface area contributed by atoms with Gasteiger partial charge in [0.05, 0.1) is 17.1 Å². The molecular formula is C12H18FN3O3S. The molecule has 0 spiro atoms. The molecule has 20 heavy (non-hydrogen) atoms. The predicted octanol–water partition coefficient (Wildman–Crippen LogP) is 0.425. The number of benzene rings is 1. The summed E-state index contributed by atoms with van der Waals surface area (Å²) in [5, 5.41) is 0. The fourth-order valence-corrected chi connectivity index (χ4v) is 2.75. The number of hydrogen-bond donors (Lipinski definition) is 1. The molecule has 1 rings (SSSR count). The lowest BCUT2D eigenvalue weighted by molar-refractivity contribution is -0.128. The van der Waals surface area contributed by atoms with E-state index in [0.29, 0.717) is 0 Å². The van der Waals surface area contributed by atoms with Crippen LogP contribution < -0.4 is 5.73 Å². The van der Waals surface area contributed by atoms with E-state index in [9.17, 15) is 17.6 Å². The number of amides is 1. The molecule has 8 heteroatoms. The third-order valence-electron chi connectivity index (χ3n) is 2.82. The van der Waals surface area contributed by atoms with Crippen molar-refractivity contribution in [1.29, 1.82) is 0 Å². The van der Waals surface area contributed by atoms with E-state index in [1.165, 1.54) is 39.0 Å². The highest BCUT2D eigenvalue weighted by Crippen LogP contribution is 2.22. The summed E-state index contributed by atoms with van der Waals surface area (Å²) < 4.78 is 38.9. The van der Waals surface area contributed by atoms with Crippen LogP contribution in [-0.2, 0) is 14.8 Å². The Kier molecular flexibility index (Phi) is 4.72. The molecule has 0 atom stereocenters. The van der Waals surface area contributed by atoms with Crippen LogP contribution in [0.2, 0.25) is 0 Å². The summed E-state index contributed by atoms with van der Waals surface area (Å²) >= 11 is 0. The second-order valence-electron chi connectivity index (χ2n) is 4.69. The minimum Gasteiger partial charge on any atom is -0.396 e. The van der Waals surface area contributed by atoms with E-state index < -0.39 is 15.8 Å². The summed E-state index contributed by atoms with van der Waals surface area (Å²) in [6.45, 7) is 1.13. The fourth-order valence-electron chi connectivity index (χ4n) is 1.51. The zero-order valence-electron chi connectivity index (χ0n) is 11.8. The van der Waals surface area contributed by atoms with Crippen LogP contribution in [-0.4, -0.2) is 51.2 Å². The number of carbonyl (C=O) groups is 1. The highest BCUT2D eigenvalue weighted by molar-refractivity contribution is 7.89. The number of hydrogen-bond acceptors (Lipinski definition) is 4. The highest BCUT2D eigenvalue weighted by Gasteiger charge is 2.25. The molecule has 1 amide bonds. The highest BCUT2D eigenvalue weighted by atomic mass is 32.2. The number of anilines is 1. The van der Waals surface area contributed by atoms with Crippen molar-refractivity contribution >= 4 is 21.6 Å². The number of halogens is 1. The number of nitrogens with zero attached hydrogens (tertiary/aromatic N) is 2. The first-order valence-corrected chi connectivity index (χ1v) is 7.23. The van der Waals surface area contributed by atoms with Gasteiger partial charge < -0.3 is 10.6 Å². The van der Waals surface area contributed by atoms with E-state index in [0.717, 1.165) is 10.4 Å². The molecule has 0 aliphatic carbocycles. The molecule has 0 aliphatic rings. The van der Waals surface area contributed by atoms with Crippen LogP contribution in [0.25, 0.3) is 0 Å². The fraction of sp³-hybridized carbons (Fsp3) is 0.417. The standard InChI is InChI=1S/C12H18FN3O3S/c1-8-5-9(6-10(14)12(8)13)20(18,19)16(4)7-11(17)15(2)3/h5-6H,7,14H2,1-4H3. The molecule has 0 radical (unpaired) electrons. The van der Waals surface area contributed by atoms with Crippen LogP contribution >= 0.6 is 0 Å². The first-order valence-electron chi connectivity index (χ1n) is 5.79. The van der Waals surface area contributed by atoms with Gasteiger partial charge in [0.1, 0.15) is 5.82 Å². The summed E-state index contributed by atoms with van der Waals surface area (Å²) in [6.07, 6.45) is 0. The maximum atomic E-state index is 13.4. The molecule has 0 aromatic heterocycles. The lowest BCUT2D eigenvalue weighted by Crippen LogP contribution is -2.37. The van der Waals surface area contributed by atoms with Crippen molar-refractivity contribution in [3.63, 3.8) is 0 Å². The molecule has 0 bridgehead atoms. The third-order valence-corrected chi connectivity index (χ3v) is 4.60. The molecule has 1 aromatic carbocycles. The monoisotopic (exact) mass is 303 g/mol. The largest absolute Gasteiger partial charge is 0.396 e. The molecule has 0 aliphatic heterocycles. The van der Waals surface area contributed by atoms with Gasteiger partial charge in [0, 0.05) is 21.1 Å². The quantitative estimate of drug-likeness (QED) is 0.817. The van der Waals surface area contributed by atoms with Gasteiger partial charge in [-0.05, 0) is 24.6 Å². The van der Waals surface area contributed by atoms with Crippen molar-refractivity contribution in [2.24, 2.45) is 0 Å². The van der Waals surface area contributed by atoms with Crippen LogP contribution in [0.3, 0.4) is 0 Å². The van der Waals surface area contributed by atoms with Crippen LogP contribution in [0.15, 0.2) is 17.0 Å². The normalized spacial score (nSPS) is 11.7. The van der Waals surface area contributed by atoms with E-state index >= 15 is 0 Å². The van der Waals surface area contributed by atoms with E-state index in [2.05, 4.69) is 0 Å². The molecule has 0 fully saturated rings. The molecule has 0 saturated carbocycles. The summed E-state index contributed by atoms with van der Waals surface area (Å²) in [4.78, 5) is 12.7. The smallest absolute Gasteiger partial charge is 0.243 e. The van der Waals surface area contributed by atoms with Gasteiger partial charge in [-0.15, -0.1) is 0 Å². The zero-order valence-corrected chi connectivity index (χ0v) is 12.7. The summed E-state index contributed by atoms with van der Waals surface area (Å²) in [5.41, 5.74) is 5.33. The Balaban J connectivity index is 3.14. The average Bonchev–Trinajstić information content (AvgIpc) is 2.34. The Morgan fingerprint density at radius 1 is 1.30 bits per heavy atom. The number of sulfonamides is 1. The van der Waals surface area contributed by atoms with Crippen molar-refractivity contribution < 1.29 is 17.6 Å². The predicted molar refractivity (Wildman–Crippen MR) is 74.1 cm³/mol. The second kappa shape index (κ2) is 5.76. The molecule has 0 unspecified atom stereocenters.